The summed E-state index contributed by atoms with van der Waals surface area (Å²) < 4.78 is 18.7. The highest BCUT2D eigenvalue weighted by Crippen LogP contribution is 2.36. The van der Waals surface area contributed by atoms with Gasteiger partial charge in [0, 0.05) is 10.6 Å². The van der Waals surface area contributed by atoms with Crippen molar-refractivity contribution in [1.82, 2.24) is 0 Å². The van der Waals surface area contributed by atoms with E-state index in [0.29, 0.717) is 21.9 Å². The summed E-state index contributed by atoms with van der Waals surface area (Å²) in [5, 5.41) is -0.165. The van der Waals surface area contributed by atoms with E-state index in [-0.39, 0.29) is 5.82 Å². The first-order valence-electron chi connectivity index (χ1n) is 5.35. The molecule has 4 heteroatoms. The molecule has 2 aromatic carbocycles. The van der Waals surface area contributed by atoms with Crippen LogP contribution < -0.4 is 4.74 Å². The summed E-state index contributed by atoms with van der Waals surface area (Å²) in [5.41, 5.74) is 1.07. The van der Waals surface area contributed by atoms with Crippen molar-refractivity contribution < 1.29 is 9.13 Å². The topological polar surface area (TPSA) is 9.23 Å². The number of methoxy groups -OCH3 is 1. The van der Waals surface area contributed by atoms with Crippen molar-refractivity contribution in [1.29, 1.82) is 0 Å². The molecular formula is C14H11Cl2FO. The van der Waals surface area contributed by atoms with E-state index in [1.807, 2.05) is 0 Å². The van der Waals surface area contributed by atoms with Gasteiger partial charge in [-0.1, -0.05) is 35.9 Å². The Morgan fingerprint density at radius 1 is 1.11 bits per heavy atom. The summed E-state index contributed by atoms with van der Waals surface area (Å²) in [5.74, 6) is 0.297. The Balaban J connectivity index is 2.40. The summed E-state index contributed by atoms with van der Waals surface area (Å²) in [6, 6.07) is 11.5. The Hall–Kier alpha value is -1.25. The molecule has 18 heavy (non-hydrogen) atoms. The van der Waals surface area contributed by atoms with E-state index in [0.717, 1.165) is 0 Å². The van der Waals surface area contributed by atoms with Gasteiger partial charge in [0.15, 0.2) is 0 Å². The van der Waals surface area contributed by atoms with Gasteiger partial charge in [0.2, 0.25) is 0 Å². The summed E-state index contributed by atoms with van der Waals surface area (Å²) in [6.07, 6.45) is 0. The van der Waals surface area contributed by atoms with Crippen molar-refractivity contribution in [2.24, 2.45) is 0 Å². The van der Waals surface area contributed by atoms with E-state index >= 15 is 0 Å². The van der Waals surface area contributed by atoms with Crippen LogP contribution in [0.2, 0.25) is 5.02 Å². The smallest absolute Gasteiger partial charge is 0.128 e. The lowest BCUT2D eigenvalue weighted by Gasteiger charge is -2.13. The molecule has 0 spiro atoms. The molecule has 0 fully saturated rings. The molecule has 0 aliphatic heterocycles. The molecule has 1 nitrogen and oxygen atoms in total. The van der Waals surface area contributed by atoms with Gasteiger partial charge in [-0.15, -0.1) is 11.6 Å². The molecule has 1 unspecified atom stereocenters. The summed E-state index contributed by atoms with van der Waals surface area (Å²) in [6.45, 7) is 0. The van der Waals surface area contributed by atoms with E-state index in [9.17, 15) is 4.39 Å². The minimum absolute atomic E-state index is 0.343. The van der Waals surface area contributed by atoms with Crippen molar-refractivity contribution in [2.75, 3.05) is 7.11 Å². The summed E-state index contributed by atoms with van der Waals surface area (Å²) in [4.78, 5) is 0. The molecule has 0 aliphatic rings. The number of hydrogen-bond donors (Lipinski definition) is 0. The molecule has 0 aromatic heterocycles. The number of alkyl halides is 1. The Labute approximate surface area is 115 Å². The number of benzene rings is 2. The van der Waals surface area contributed by atoms with Gasteiger partial charge in [-0.05, 0) is 23.8 Å². The van der Waals surface area contributed by atoms with Crippen molar-refractivity contribution >= 4 is 23.2 Å². The highest BCUT2D eigenvalue weighted by molar-refractivity contribution is 6.33. The third kappa shape index (κ3) is 2.60. The van der Waals surface area contributed by atoms with Crippen LogP contribution in [-0.2, 0) is 0 Å². The molecule has 2 aromatic rings. The fourth-order valence-electron chi connectivity index (χ4n) is 1.69. The lowest BCUT2D eigenvalue weighted by Crippen LogP contribution is -1.98. The van der Waals surface area contributed by atoms with Crippen molar-refractivity contribution in [3.63, 3.8) is 0 Å². The Bertz CT molecular complexity index is 557. The number of rotatable bonds is 3. The van der Waals surface area contributed by atoms with Crippen LogP contribution >= 0.6 is 23.2 Å². The third-order valence-corrected chi connectivity index (χ3v) is 3.46. The molecule has 0 saturated carbocycles. The fourth-order valence-corrected chi connectivity index (χ4v) is 2.39. The van der Waals surface area contributed by atoms with Gasteiger partial charge in [0.05, 0.1) is 12.5 Å². The van der Waals surface area contributed by atoms with Crippen LogP contribution in [0.25, 0.3) is 0 Å². The molecule has 0 amide bonds. The van der Waals surface area contributed by atoms with Gasteiger partial charge in [-0.3, -0.25) is 0 Å². The van der Waals surface area contributed by atoms with Crippen LogP contribution in [0.3, 0.4) is 0 Å². The molecule has 0 aliphatic carbocycles. The predicted molar refractivity (Wildman–Crippen MR) is 72.1 cm³/mol. The zero-order valence-corrected chi connectivity index (χ0v) is 11.2. The highest BCUT2D eigenvalue weighted by atomic mass is 35.5. The van der Waals surface area contributed by atoms with E-state index in [2.05, 4.69) is 0 Å². The molecule has 0 N–H and O–H groups in total. The number of hydrogen-bond acceptors (Lipinski definition) is 1. The summed E-state index contributed by atoms with van der Waals surface area (Å²) >= 11 is 12.4. The normalized spacial score (nSPS) is 12.2. The first-order chi connectivity index (χ1) is 8.63. The van der Waals surface area contributed by atoms with Crippen LogP contribution in [0.15, 0.2) is 42.5 Å². The Kier molecular flexibility index (Phi) is 4.10. The zero-order chi connectivity index (χ0) is 13.1. The lowest BCUT2D eigenvalue weighted by atomic mass is 10.0. The molecule has 1 atom stereocenters. The van der Waals surface area contributed by atoms with E-state index in [4.69, 9.17) is 27.9 Å². The van der Waals surface area contributed by atoms with Gasteiger partial charge in [-0.2, -0.15) is 0 Å². The number of ether oxygens (including phenoxy) is 1. The van der Waals surface area contributed by atoms with Crippen LogP contribution in [0.1, 0.15) is 16.5 Å². The molecule has 0 heterocycles. The fraction of sp³-hybridized carbons (Fsp3) is 0.143. The second-order valence-electron chi connectivity index (χ2n) is 3.77. The Morgan fingerprint density at radius 3 is 2.44 bits per heavy atom. The molecule has 0 bridgehead atoms. The largest absolute Gasteiger partial charge is 0.497 e. The van der Waals surface area contributed by atoms with Gasteiger partial charge >= 0.3 is 0 Å². The average molecular weight is 285 g/mol. The van der Waals surface area contributed by atoms with Gasteiger partial charge in [0.1, 0.15) is 11.6 Å². The second-order valence-corrected chi connectivity index (χ2v) is 4.62. The Morgan fingerprint density at radius 2 is 1.83 bits per heavy atom. The molecule has 94 valence electrons. The van der Waals surface area contributed by atoms with Crippen LogP contribution in [0, 0.1) is 5.82 Å². The molecule has 2 rings (SSSR count). The van der Waals surface area contributed by atoms with Crippen molar-refractivity contribution in [3.8, 4) is 5.75 Å². The van der Waals surface area contributed by atoms with Gasteiger partial charge in [-0.25, -0.2) is 4.39 Å². The first kappa shape index (κ1) is 13.2. The van der Waals surface area contributed by atoms with Gasteiger partial charge < -0.3 is 4.74 Å². The van der Waals surface area contributed by atoms with E-state index in [1.54, 1.807) is 43.5 Å². The zero-order valence-electron chi connectivity index (χ0n) is 9.66. The van der Waals surface area contributed by atoms with Crippen LogP contribution in [0.5, 0.6) is 5.75 Å². The third-order valence-electron chi connectivity index (χ3n) is 2.66. The van der Waals surface area contributed by atoms with Crippen molar-refractivity contribution in [3.05, 3.63) is 64.4 Å². The maximum absolute atomic E-state index is 13.7. The first-order valence-corrected chi connectivity index (χ1v) is 6.17. The van der Waals surface area contributed by atoms with E-state index in [1.165, 1.54) is 6.07 Å². The number of halogens is 3. The van der Waals surface area contributed by atoms with E-state index < -0.39 is 5.38 Å². The SMILES string of the molecule is COc1ccc(C(Cl)c2ccccc2F)c(Cl)c1. The molecular weight excluding hydrogens is 274 g/mol. The van der Waals surface area contributed by atoms with Crippen molar-refractivity contribution in [2.45, 2.75) is 5.38 Å². The molecule has 0 radical (unpaired) electrons. The monoisotopic (exact) mass is 284 g/mol. The minimum Gasteiger partial charge on any atom is -0.497 e. The molecule has 0 saturated heterocycles. The summed E-state index contributed by atoms with van der Waals surface area (Å²) in [7, 11) is 1.56. The maximum Gasteiger partial charge on any atom is 0.128 e. The van der Waals surface area contributed by atoms with Gasteiger partial charge in [0.25, 0.3) is 0 Å². The highest BCUT2D eigenvalue weighted by Gasteiger charge is 2.17. The minimum atomic E-state index is -0.621. The van der Waals surface area contributed by atoms with Crippen LogP contribution in [-0.4, -0.2) is 7.11 Å². The maximum atomic E-state index is 13.7. The standard InChI is InChI=1S/C14H11Cl2FO/c1-18-9-6-7-10(12(15)8-9)14(16)11-4-2-3-5-13(11)17/h2-8,14H,1H3. The lowest BCUT2D eigenvalue weighted by molar-refractivity contribution is 0.414. The average Bonchev–Trinajstić information content (AvgIpc) is 2.38. The quantitative estimate of drug-likeness (QED) is 0.735. The second kappa shape index (κ2) is 5.59. The predicted octanol–water partition coefficient (Wildman–Crippen LogP) is 4.82. The van der Waals surface area contributed by atoms with Crippen LogP contribution in [0.4, 0.5) is 4.39 Å².